The van der Waals surface area contributed by atoms with E-state index in [1.165, 1.54) is 12.1 Å². The van der Waals surface area contributed by atoms with Gasteiger partial charge in [-0.15, -0.1) is 0 Å². The molecule has 28 heavy (non-hydrogen) atoms. The maximum absolute atomic E-state index is 13.5. The topological polar surface area (TPSA) is 58.4 Å². The minimum absolute atomic E-state index is 0.0594. The van der Waals surface area contributed by atoms with Crippen LogP contribution in [0.2, 0.25) is 0 Å². The number of aryl methyl sites for hydroxylation is 1. The van der Waals surface area contributed by atoms with E-state index in [9.17, 15) is 14.0 Å². The van der Waals surface area contributed by atoms with Crippen LogP contribution >= 0.6 is 0 Å². The van der Waals surface area contributed by atoms with Crippen molar-refractivity contribution in [1.82, 2.24) is 19.4 Å². The number of hydrogen-bond donors (Lipinski definition) is 0. The van der Waals surface area contributed by atoms with E-state index in [1.54, 1.807) is 17.0 Å². The van der Waals surface area contributed by atoms with Gasteiger partial charge in [0.15, 0.2) is 0 Å². The number of benzene rings is 1. The zero-order valence-corrected chi connectivity index (χ0v) is 15.9. The molecule has 1 amide bonds. The van der Waals surface area contributed by atoms with Crippen molar-refractivity contribution < 1.29 is 9.18 Å². The van der Waals surface area contributed by atoms with Gasteiger partial charge >= 0.3 is 0 Å². The standard InChI is InChI=1S/C21H23FN4O2/c1-24-9-6-17-16(12-24)20(28)26-18(23-17)5-7-21(26)8-10-25(13-21)19(27)14-3-2-4-15(22)11-14/h2-4,11H,5-10,12-13H2,1H3/t21-/m1/s1. The fourth-order valence-corrected chi connectivity index (χ4v) is 4.99. The number of likely N-dealkylation sites (tertiary alicyclic amines) is 1. The van der Waals surface area contributed by atoms with Crippen molar-refractivity contribution in [2.75, 3.05) is 26.7 Å². The van der Waals surface area contributed by atoms with E-state index in [4.69, 9.17) is 4.98 Å². The average Bonchev–Trinajstić information content (AvgIpc) is 3.27. The fraction of sp³-hybridized carbons (Fsp3) is 0.476. The van der Waals surface area contributed by atoms with Crippen molar-refractivity contribution in [2.45, 2.75) is 37.8 Å². The molecule has 0 unspecified atom stereocenters. The van der Waals surface area contributed by atoms with Gasteiger partial charge in [0, 0.05) is 44.6 Å². The molecule has 4 heterocycles. The summed E-state index contributed by atoms with van der Waals surface area (Å²) in [5, 5.41) is 0. The highest BCUT2D eigenvalue weighted by atomic mass is 19.1. The Labute approximate surface area is 162 Å². The summed E-state index contributed by atoms with van der Waals surface area (Å²) in [4.78, 5) is 34.9. The summed E-state index contributed by atoms with van der Waals surface area (Å²) < 4.78 is 15.4. The van der Waals surface area contributed by atoms with E-state index in [1.807, 2.05) is 11.6 Å². The van der Waals surface area contributed by atoms with Crippen molar-refractivity contribution in [3.8, 4) is 0 Å². The van der Waals surface area contributed by atoms with Gasteiger partial charge in [-0.1, -0.05) is 6.07 Å². The molecule has 146 valence electrons. The highest BCUT2D eigenvalue weighted by Crippen LogP contribution is 2.39. The van der Waals surface area contributed by atoms with E-state index in [0.717, 1.165) is 49.3 Å². The third-order valence-corrected chi connectivity index (χ3v) is 6.47. The van der Waals surface area contributed by atoms with E-state index >= 15 is 0 Å². The average molecular weight is 382 g/mol. The summed E-state index contributed by atoms with van der Waals surface area (Å²) in [5.74, 6) is 0.263. The summed E-state index contributed by atoms with van der Waals surface area (Å²) in [5.41, 5.74) is 1.77. The lowest BCUT2D eigenvalue weighted by Gasteiger charge is -2.30. The van der Waals surface area contributed by atoms with Crippen LogP contribution in [0.4, 0.5) is 4.39 Å². The first kappa shape index (κ1) is 17.6. The van der Waals surface area contributed by atoms with Gasteiger partial charge < -0.3 is 9.80 Å². The number of likely N-dealkylation sites (N-methyl/N-ethyl adjacent to an activating group) is 1. The van der Waals surface area contributed by atoms with Gasteiger partial charge in [0.2, 0.25) is 0 Å². The van der Waals surface area contributed by atoms with Crippen LogP contribution in [0.25, 0.3) is 0 Å². The van der Waals surface area contributed by atoms with Gasteiger partial charge in [-0.3, -0.25) is 14.2 Å². The van der Waals surface area contributed by atoms with Gasteiger partial charge in [0.1, 0.15) is 11.6 Å². The predicted molar refractivity (Wildman–Crippen MR) is 102 cm³/mol. The summed E-state index contributed by atoms with van der Waals surface area (Å²) in [6.07, 6.45) is 3.13. The summed E-state index contributed by atoms with van der Waals surface area (Å²) in [6, 6.07) is 5.80. The molecule has 0 saturated carbocycles. The lowest BCUT2D eigenvalue weighted by Crippen LogP contribution is -2.45. The molecular formula is C21H23FN4O2. The van der Waals surface area contributed by atoms with Crippen molar-refractivity contribution in [1.29, 1.82) is 0 Å². The molecule has 0 bridgehead atoms. The number of hydrogen-bond acceptors (Lipinski definition) is 4. The number of carbonyl (C=O) groups excluding carboxylic acids is 1. The molecule has 0 radical (unpaired) electrons. The van der Waals surface area contributed by atoms with Crippen LogP contribution in [0.1, 0.15) is 40.3 Å². The van der Waals surface area contributed by atoms with E-state index in [-0.39, 0.29) is 17.0 Å². The van der Waals surface area contributed by atoms with Crippen molar-refractivity contribution in [2.24, 2.45) is 0 Å². The molecule has 5 rings (SSSR count). The van der Waals surface area contributed by atoms with Crippen molar-refractivity contribution >= 4 is 5.91 Å². The number of aromatic nitrogens is 2. The highest BCUT2D eigenvalue weighted by molar-refractivity contribution is 5.94. The summed E-state index contributed by atoms with van der Waals surface area (Å²) in [6.45, 7) is 2.59. The number of carbonyl (C=O) groups is 1. The van der Waals surface area contributed by atoms with Crippen LogP contribution in [-0.4, -0.2) is 51.9 Å². The molecule has 3 aliphatic heterocycles. The molecule has 2 aromatic rings. The largest absolute Gasteiger partial charge is 0.336 e. The molecule has 7 heteroatoms. The Hall–Kier alpha value is -2.54. The predicted octanol–water partition coefficient (Wildman–Crippen LogP) is 1.56. The SMILES string of the molecule is CN1CCc2nc3n(c(=O)c2C1)[C@]1(CC3)CCN(C(=O)c2cccc(F)c2)C1. The van der Waals surface area contributed by atoms with Gasteiger partial charge in [0.05, 0.1) is 16.8 Å². The van der Waals surface area contributed by atoms with E-state index in [2.05, 4.69) is 4.90 Å². The Kier molecular flexibility index (Phi) is 3.91. The Morgan fingerprint density at radius 1 is 1.21 bits per heavy atom. The van der Waals surface area contributed by atoms with Crippen molar-refractivity contribution in [3.05, 3.63) is 63.1 Å². The number of rotatable bonds is 1. The lowest BCUT2D eigenvalue weighted by atomic mass is 9.95. The third kappa shape index (κ3) is 2.60. The molecule has 0 aliphatic carbocycles. The first-order valence-corrected chi connectivity index (χ1v) is 9.84. The fourth-order valence-electron chi connectivity index (χ4n) is 4.99. The number of amides is 1. The molecule has 0 N–H and O–H groups in total. The Bertz CT molecular complexity index is 1030. The molecule has 1 atom stereocenters. The second kappa shape index (κ2) is 6.24. The molecule has 1 spiro atoms. The quantitative estimate of drug-likeness (QED) is 0.751. The van der Waals surface area contributed by atoms with E-state index in [0.29, 0.717) is 25.2 Å². The van der Waals surface area contributed by atoms with Crippen LogP contribution in [-0.2, 0) is 24.9 Å². The Morgan fingerprint density at radius 2 is 2.07 bits per heavy atom. The maximum atomic E-state index is 13.5. The number of halogens is 1. The van der Waals surface area contributed by atoms with Crippen LogP contribution < -0.4 is 5.56 Å². The smallest absolute Gasteiger partial charge is 0.258 e. The summed E-state index contributed by atoms with van der Waals surface area (Å²) in [7, 11) is 2.02. The van der Waals surface area contributed by atoms with Gasteiger partial charge in [0.25, 0.3) is 11.5 Å². The molecule has 1 aromatic heterocycles. The molecule has 3 aliphatic rings. The molecule has 1 saturated heterocycles. The highest BCUT2D eigenvalue weighted by Gasteiger charge is 2.47. The normalized spacial score (nSPS) is 23.9. The lowest BCUT2D eigenvalue weighted by molar-refractivity contribution is 0.0774. The molecule has 1 aromatic carbocycles. The van der Waals surface area contributed by atoms with Crippen LogP contribution in [0, 0.1) is 5.82 Å². The van der Waals surface area contributed by atoms with Crippen LogP contribution in [0.5, 0.6) is 0 Å². The number of fused-ring (bicyclic) bond motifs is 3. The third-order valence-electron chi connectivity index (χ3n) is 6.47. The first-order valence-electron chi connectivity index (χ1n) is 9.84. The zero-order chi connectivity index (χ0) is 19.5. The maximum Gasteiger partial charge on any atom is 0.258 e. The molecule has 6 nitrogen and oxygen atoms in total. The second-order valence-electron chi connectivity index (χ2n) is 8.29. The van der Waals surface area contributed by atoms with Gasteiger partial charge in [-0.25, -0.2) is 9.37 Å². The molecule has 1 fully saturated rings. The minimum Gasteiger partial charge on any atom is -0.336 e. The second-order valence-corrected chi connectivity index (χ2v) is 8.29. The summed E-state index contributed by atoms with van der Waals surface area (Å²) >= 11 is 0. The Morgan fingerprint density at radius 3 is 2.89 bits per heavy atom. The van der Waals surface area contributed by atoms with Crippen LogP contribution in [0.3, 0.4) is 0 Å². The Balaban J connectivity index is 1.49. The zero-order valence-electron chi connectivity index (χ0n) is 15.9. The first-order chi connectivity index (χ1) is 13.5. The minimum atomic E-state index is -0.415. The monoisotopic (exact) mass is 382 g/mol. The molecular weight excluding hydrogens is 359 g/mol. The van der Waals surface area contributed by atoms with Crippen molar-refractivity contribution in [3.63, 3.8) is 0 Å². The van der Waals surface area contributed by atoms with E-state index < -0.39 is 5.82 Å². The number of nitrogens with zero attached hydrogens (tertiary/aromatic N) is 4. The van der Waals surface area contributed by atoms with Gasteiger partial charge in [-0.05, 0) is 38.1 Å². The van der Waals surface area contributed by atoms with Crippen LogP contribution in [0.15, 0.2) is 29.1 Å². The van der Waals surface area contributed by atoms with Gasteiger partial charge in [-0.2, -0.15) is 0 Å².